The molecule has 2 heterocycles. The molecule has 1 atom stereocenters. The lowest BCUT2D eigenvalue weighted by Crippen LogP contribution is -2.44. The van der Waals surface area contributed by atoms with Gasteiger partial charge in [0.05, 0.1) is 0 Å². The molecule has 1 saturated carbocycles. The molecular weight excluding hydrogens is 242 g/mol. The van der Waals surface area contributed by atoms with Crippen molar-refractivity contribution in [3.05, 3.63) is 0 Å². The van der Waals surface area contributed by atoms with Crippen LogP contribution < -0.4 is 10.6 Å². The minimum absolute atomic E-state index is 0.0193. The monoisotopic (exact) mass is 265 g/mol. The Kier molecular flexibility index (Phi) is 3.48. The molecule has 3 fully saturated rings. The predicted molar refractivity (Wildman–Crippen MR) is 71.7 cm³/mol. The van der Waals surface area contributed by atoms with E-state index in [1.165, 1.54) is 17.7 Å². The number of nitrogens with zero attached hydrogens (tertiary/aromatic N) is 1. The second-order valence-corrected chi connectivity index (χ2v) is 6.11. The van der Waals surface area contributed by atoms with Crippen LogP contribution in [0.1, 0.15) is 51.4 Å². The lowest BCUT2D eigenvalue weighted by molar-refractivity contribution is -0.131. The highest BCUT2D eigenvalue weighted by molar-refractivity contribution is 6.07. The Morgan fingerprint density at radius 1 is 1.16 bits per heavy atom. The minimum atomic E-state index is -0.545. The molecule has 0 aromatic carbocycles. The van der Waals surface area contributed by atoms with E-state index in [4.69, 9.17) is 0 Å². The summed E-state index contributed by atoms with van der Waals surface area (Å²) in [4.78, 5) is 25.9. The van der Waals surface area contributed by atoms with E-state index in [1.807, 2.05) is 0 Å². The number of carbonyl (C=O) groups is 2. The number of carbonyl (C=O) groups excluding carboxylic acids is 2. The highest BCUT2D eigenvalue weighted by Gasteiger charge is 2.52. The van der Waals surface area contributed by atoms with Gasteiger partial charge in [0.1, 0.15) is 5.54 Å². The number of hydrogen-bond acceptors (Lipinski definition) is 3. The molecule has 3 rings (SSSR count). The van der Waals surface area contributed by atoms with E-state index in [2.05, 4.69) is 10.6 Å². The first-order valence-corrected chi connectivity index (χ1v) is 7.59. The molecule has 3 aliphatic rings. The van der Waals surface area contributed by atoms with Crippen LogP contribution in [-0.4, -0.2) is 41.5 Å². The first-order chi connectivity index (χ1) is 9.21. The minimum Gasteiger partial charge on any atom is -0.323 e. The normalized spacial score (nSPS) is 30.1. The number of nitrogens with one attached hydrogen (secondary N) is 2. The number of urea groups is 1. The van der Waals surface area contributed by atoms with Gasteiger partial charge in [0.25, 0.3) is 5.91 Å². The summed E-state index contributed by atoms with van der Waals surface area (Å²) in [5.41, 5.74) is -0.545. The van der Waals surface area contributed by atoms with E-state index < -0.39 is 5.54 Å². The van der Waals surface area contributed by atoms with E-state index in [1.54, 1.807) is 0 Å². The van der Waals surface area contributed by atoms with Crippen molar-refractivity contribution in [2.45, 2.75) is 62.9 Å². The Balaban J connectivity index is 1.58. The number of amides is 3. The second kappa shape index (κ2) is 5.12. The van der Waals surface area contributed by atoms with Gasteiger partial charge in [-0.1, -0.05) is 19.3 Å². The van der Waals surface area contributed by atoms with Crippen molar-refractivity contribution < 1.29 is 9.59 Å². The van der Waals surface area contributed by atoms with E-state index >= 15 is 0 Å². The SMILES string of the molecule is O=C1NC2(CCCC2)C(=O)N1CCC1CCCCN1. The number of rotatable bonds is 3. The summed E-state index contributed by atoms with van der Waals surface area (Å²) in [6.07, 6.45) is 8.26. The molecule has 5 heteroatoms. The van der Waals surface area contributed by atoms with Crippen LogP contribution in [0.3, 0.4) is 0 Å². The molecule has 0 aromatic rings. The summed E-state index contributed by atoms with van der Waals surface area (Å²) in [7, 11) is 0. The highest BCUT2D eigenvalue weighted by Crippen LogP contribution is 2.35. The van der Waals surface area contributed by atoms with Crippen molar-refractivity contribution in [1.29, 1.82) is 0 Å². The molecule has 2 saturated heterocycles. The van der Waals surface area contributed by atoms with Gasteiger partial charge in [-0.2, -0.15) is 0 Å². The molecule has 0 radical (unpaired) electrons. The third-order valence-corrected chi connectivity index (χ3v) is 4.82. The van der Waals surface area contributed by atoms with Crippen molar-refractivity contribution in [1.82, 2.24) is 15.5 Å². The van der Waals surface area contributed by atoms with Crippen LogP contribution in [0, 0.1) is 0 Å². The average molecular weight is 265 g/mol. The van der Waals surface area contributed by atoms with Gasteiger partial charge in [0, 0.05) is 12.6 Å². The van der Waals surface area contributed by atoms with Crippen LogP contribution in [0.5, 0.6) is 0 Å². The van der Waals surface area contributed by atoms with Gasteiger partial charge in [0.15, 0.2) is 0 Å². The Hall–Kier alpha value is -1.10. The maximum atomic E-state index is 12.4. The second-order valence-electron chi connectivity index (χ2n) is 6.11. The maximum absolute atomic E-state index is 12.4. The van der Waals surface area contributed by atoms with Crippen molar-refractivity contribution in [3.63, 3.8) is 0 Å². The Bertz CT molecular complexity index is 371. The number of hydrogen-bond donors (Lipinski definition) is 2. The number of piperidine rings is 1. The molecule has 106 valence electrons. The molecule has 0 aromatic heterocycles. The zero-order valence-electron chi connectivity index (χ0n) is 11.4. The van der Waals surface area contributed by atoms with Crippen molar-refractivity contribution in [2.24, 2.45) is 0 Å². The molecule has 2 aliphatic heterocycles. The predicted octanol–water partition coefficient (Wildman–Crippen LogP) is 1.38. The standard InChI is InChI=1S/C14H23N3O2/c18-12-14(7-2-3-8-14)16-13(19)17(12)10-6-11-5-1-4-9-15-11/h11,15H,1-10H2,(H,16,19). The van der Waals surface area contributed by atoms with E-state index in [0.717, 1.165) is 45.1 Å². The molecule has 2 N–H and O–H groups in total. The molecular formula is C14H23N3O2. The zero-order valence-corrected chi connectivity index (χ0v) is 11.4. The molecule has 1 aliphatic carbocycles. The van der Waals surface area contributed by atoms with Gasteiger partial charge < -0.3 is 10.6 Å². The zero-order chi connectivity index (χ0) is 13.3. The van der Waals surface area contributed by atoms with Crippen LogP contribution in [0.2, 0.25) is 0 Å². The molecule has 3 amide bonds. The Morgan fingerprint density at radius 2 is 1.95 bits per heavy atom. The quantitative estimate of drug-likeness (QED) is 0.758. The van der Waals surface area contributed by atoms with Crippen molar-refractivity contribution >= 4 is 11.9 Å². The third-order valence-electron chi connectivity index (χ3n) is 4.82. The van der Waals surface area contributed by atoms with Crippen molar-refractivity contribution in [3.8, 4) is 0 Å². The highest BCUT2D eigenvalue weighted by atomic mass is 16.2. The van der Waals surface area contributed by atoms with Crippen LogP contribution in [0.15, 0.2) is 0 Å². The van der Waals surface area contributed by atoms with Crippen LogP contribution in [-0.2, 0) is 4.79 Å². The number of imide groups is 1. The Morgan fingerprint density at radius 3 is 2.63 bits per heavy atom. The average Bonchev–Trinajstić information content (AvgIpc) is 2.97. The topological polar surface area (TPSA) is 61.4 Å². The van der Waals surface area contributed by atoms with E-state index in [9.17, 15) is 9.59 Å². The van der Waals surface area contributed by atoms with Crippen LogP contribution in [0.4, 0.5) is 4.79 Å². The fraction of sp³-hybridized carbons (Fsp3) is 0.857. The molecule has 1 unspecified atom stereocenters. The summed E-state index contributed by atoms with van der Waals surface area (Å²) in [6.45, 7) is 1.62. The molecule has 0 bridgehead atoms. The summed E-state index contributed by atoms with van der Waals surface area (Å²) >= 11 is 0. The summed E-state index contributed by atoms with van der Waals surface area (Å²) in [6, 6.07) is 0.289. The Labute approximate surface area is 114 Å². The fourth-order valence-corrected chi connectivity index (χ4v) is 3.65. The molecule has 1 spiro atoms. The van der Waals surface area contributed by atoms with Gasteiger partial charge in [-0.3, -0.25) is 9.69 Å². The summed E-state index contributed by atoms with van der Waals surface area (Å²) < 4.78 is 0. The van der Waals surface area contributed by atoms with Crippen molar-refractivity contribution in [2.75, 3.05) is 13.1 Å². The summed E-state index contributed by atoms with van der Waals surface area (Å²) in [5.74, 6) is 0.0193. The summed E-state index contributed by atoms with van der Waals surface area (Å²) in [5, 5.41) is 6.40. The van der Waals surface area contributed by atoms with Crippen LogP contribution in [0.25, 0.3) is 0 Å². The van der Waals surface area contributed by atoms with Crippen LogP contribution >= 0.6 is 0 Å². The van der Waals surface area contributed by atoms with Gasteiger partial charge >= 0.3 is 6.03 Å². The van der Waals surface area contributed by atoms with E-state index in [-0.39, 0.29) is 11.9 Å². The molecule has 19 heavy (non-hydrogen) atoms. The van der Waals surface area contributed by atoms with Gasteiger partial charge in [-0.05, 0) is 38.6 Å². The molecule has 5 nitrogen and oxygen atoms in total. The van der Waals surface area contributed by atoms with Gasteiger partial charge in [-0.25, -0.2) is 4.79 Å². The van der Waals surface area contributed by atoms with E-state index in [0.29, 0.717) is 12.6 Å². The first-order valence-electron chi connectivity index (χ1n) is 7.59. The maximum Gasteiger partial charge on any atom is 0.325 e. The largest absolute Gasteiger partial charge is 0.325 e. The lowest BCUT2D eigenvalue weighted by atomic mass is 9.97. The lowest BCUT2D eigenvalue weighted by Gasteiger charge is -2.25. The first kappa shape index (κ1) is 12.9. The van der Waals surface area contributed by atoms with Gasteiger partial charge in [0.2, 0.25) is 0 Å². The smallest absolute Gasteiger partial charge is 0.323 e. The third kappa shape index (κ3) is 2.36. The van der Waals surface area contributed by atoms with Gasteiger partial charge in [-0.15, -0.1) is 0 Å². The fourth-order valence-electron chi connectivity index (χ4n) is 3.65.